The molecule has 1 heterocycles. The summed E-state index contributed by atoms with van der Waals surface area (Å²) in [6.45, 7) is 7.39. The predicted octanol–water partition coefficient (Wildman–Crippen LogP) is 2.46. The maximum atomic E-state index is 11.8. The molecule has 0 saturated carbocycles. The smallest absolute Gasteiger partial charge is 0.289 e. The quantitative estimate of drug-likeness (QED) is 0.739. The van der Waals surface area contributed by atoms with Crippen LogP contribution in [0.5, 0.6) is 0 Å². The number of carbonyl (C=O) groups is 1. The van der Waals surface area contributed by atoms with E-state index >= 15 is 0 Å². The largest absolute Gasteiger partial charge is 0.456 e. The van der Waals surface area contributed by atoms with E-state index in [-0.39, 0.29) is 5.91 Å². The zero-order chi connectivity index (χ0) is 10.6. The van der Waals surface area contributed by atoms with Crippen molar-refractivity contribution in [1.82, 2.24) is 4.90 Å². The van der Waals surface area contributed by atoms with E-state index in [0.717, 1.165) is 25.3 Å². The first-order chi connectivity index (χ1) is 6.69. The molecule has 1 aromatic heterocycles. The highest BCUT2D eigenvalue weighted by Crippen LogP contribution is 2.09. The molecular weight excluding hydrogens is 178 g/mol. The summed E-state index contributed by atoms with van der Waals surface area (Å²) in [6, 6.07) is 3.54. The molecule has 0 aliphatic rings. The lowest BCUT2D eigenvalue weighted by atomic mass is 10.3. The fraction of sp³-hybridized carbons (Fsp3) is 0.545. The van der Waals surface area contributed by atoms with Gasteiger partial charge in [-0.05, 0) is 32.4 Å². The Kier molecular flexibility index (Phi) is 3.74. The Labute approximate surface area is 84.7 Å². The van der Waals surface area contributed by atoms with Crippen LogP contribution in [0.15, 0.2) is 16.5 Å². The summed E-state index contributed by atoms with van der Waals surface area (Å²) in [4.78, 5) is 13.6. The third kappa shape index (κ3) is 2.37. The van der Waals surface area contributed by atoms with Crippen molar-refractivity contribution in [3.8, 4) is 0 Å². The number of nitrogens with zero attached hydrogens (tertiary/aromatic N) is 1. The second kappa shape index (κ2) is 4.84. The molecule has 0 aliphatic carbocycles. The van der Waals surface area contributed by atoms with Gasteiger partial charge in [0.2, 0.25) is 0 Å². The molecule has 3 heteroatoms. The molecular formula is C11H17NO2. The first-order valence-corrected chi connectivity index (χ1v) is 5.04. The zero-order valence-electron chi connectivity index (χ0n) is 9.04. The summed E-state index contributed by atoms with van der Waals surface area (Å²) in [6.07, 6.45) is 0.971. The van der Waals surface area contributed by atoms with Crippen molar-refractivity contribution in [3.05, 3.63) is 23.7 Å². The van der Waals surface area contributed by atoms with Gasteiger partial charge < -0.3 is 9.32 Å². The first-order valence-electron chi connectivity index (χ1n) is 5.04. The first kappa shape index (κ1) is 10.8. The van der Waals surface area contributed by atoms with Gasteiger partial charge in [0.05, 0.1) is 0 Å². The Bertz CT molecular complexity index is 304. The van der Waals surface area contributed by atoms with Crippen molar-refractivity contribution in [2.24, 2.45) is 0 Å². The van der Waals surface area contributed by atoms with Crippen molar-refractivity contribution >= 4 is 5.91 Å². The average molecular weight is 195 g/mol. The molecule has 0 atom stereocenters. The van der Waals surface area contributed by atoms with E-state index in [1.807, 2.05) is 19.9 Å². The topological polar surface area (TPSA) is 33.5 Å². The lowest BCUT2D eigenvalue weighted by molar-refractivity contribution is 0.0731. The number of furan rings is 1. The van der Waals surface area contributed by atoms with Crippen LogP contribution in [-0.2, 0) is 0 Å². The molecule has 0 unspecified atom stereocenters. The maximum Gasteiger partial charge on any atom is 0.289 e. The molecule has 1 amide bonds. The highest BCUT2D eigenvalue weighted by molar-refractivity contribution is 5.91. The predicted molar refractivity (Wildman–Crippen MR) is 55.3 cm³/mol. The molecule has 78 valence electrons. The van der Waals surface area contributed by atoms with Gasteiger partial charge in [-0.15, -0.1) is 0 Å². The Morgan fingerprint density at radius 3 is 2.57 bits per heavy atom. The van der Waals surface area contributed by atoms with E-state index in [0.29, 0.717) is 5.76 Å². The second-order valence-corrected chi connectivity index (χ2v) is 3.30. The van der Waals surface area contributed by atoms with Crippen molar-refractivity contribution < 1.29 is 9.21 Å². The van der Waals surface area contributed by atoms with Crippen LogP contribution in [0.1, 0.15) is 36.6 Å². The van der Waals surface area contributed by atoms with Gasteiger partial charge in [0.1, 0.15) is 5.76 Å². The van der Waals surface area contributed by atoms with Gasteiger partial charge in [0.15, 0.2) is 5.76 Å². The summed E-state index contributed by atoms with van der Waals surface area (Å²) >= 11 is 0. The molecule has 3 nitrogen and oxygen atoms in total. The van der Waals surface area contributed by atoms with Gasteiger partial charge in [0.25, 0.3) is 5.91 Å². The van der Waals surface area contributed by atoms with Crippen molar-refractivity contribution in [2.75, 3.05) is 13.1 Å². The maximum absolute atomic E-state index is 11.8. The minimum absolute atomic E-state index is 0.0116. The molecule has 0 aromatic carbocycles. The summed E-state index contributed by atoms with van der Waals surface area (Å²) in [5.74, 6) is 1.21. The molecule has 0 radical (unpaired) electrons. The van der Waals surface area contributed by atoms with Crippen LogP contribution in [0.4, 0.5) is 0 Å². The third-order valence-electron chi connectivity index (χ3n) is 2.11. The second-order valence-electron chi connectivity index (χ2n) is 3.30. The number of amides is 1. The van der Waals surface area contributed by atoms with Crippen molar-refractivity contribution in [1.29, 1.82) is 0 Å². The van der Waals surface area contributed by atoms with Crippen LogP contribution in [-0.4, -0.2) is 23.9 Å². The van der Waals surface area contributed by atoms with Crippen LogP contribution in [0.3, 0.4) is 0 Å². The molecule has 0 saturated heterocycles. The highest BCUT2D eigenvalue weighted by atomic mass is 16.3. The molecule has 14 heavy (non-hydrogen) atoms. The fourth-order valence-electron chi connectivity index (χ4n) is 1.38. The SMILES string of the molecule is CCCN(CC)C(=O)c1ccc(C)o1. The molecule has 0 spiro atoms. The van der Waals surface area contributed by atoms with E-state index < -0.39 is 0 Å². The number of hydrogen-bond acceptors (Lipinski definition) is 2. The lowest BCUT2D eigenvalue weighted by Gasteiger charge is -2.18. The fourth-order valence-corrected chi connectivity index (χ4v) is 1.38. The van der Waals surface area contributed by atoms with Gasteiger partial charge >= 0.3 is 0 Å². The monoisotopic (exact) mass is 195 g/mol. The number of carbonyl (C=O) groups excluding carboxylic acids is 1. The minimum atomic E-state index is -0.0116. The van der Waals surface area contributed by atoms with E-state index in [1.165, 1.54) is 0 Å². The molecule has 0 fully saturated rings. The van der Waals surface area contributed by atoms with Crippen LogP contribution < -0.4 is 0 Å². The molecule has 0 bridgehead atoms. The number of aryl methyl sites for hydroxylation is 1. The summed E-state index contributed by atoms with van der Waals surface area (Å²) in [7, 11) is 0. The summed E-state index contributed by atoms with van der Waals surface area (Å²) < 4.78 is 5.28. The highest BCUT2D eigenvalue weighted by Gasteiger charge is 2.16. The molecule has 0 aliphatic heterocycles. The number of rotatable bonds is 4. The van der Waals surface area contributed by atoms with Crippen LogP contribution in [0.25, 0.3) is 0 Å². The van der Waals surface area contributed by atoms with Gasteiger partial charge in [-0.3, -0.25) is 4.79 Å². The Morgan fingerprint density at radius 2 is 2.14 bits per heavy atom. The Morgan fingerprint density at radius 1 is 1.43 bits per heavy atom. The van der Waals surface area contributed by atoms with Crippen LogP contribution >= 0.6 is 0 Å². The van der Waals surface area contributed by atoms with Crippen molar-refractivity contribution in [2.45, 2.75) is 27.2 Å². The molecule has 1 rings (SSSR count). The van der Waals surface area contributed by atoms with Crippen LogP contribution in [0.2, 0.25) is 0 Å². The summed E-state index contributed by atoms with van der Waals surface area (Å²) in [5.41, 5.74) is 0. The normalized spacial score (nSPS) is 10.2. The Balaban J connectivity index is 2.72. The van der Waals surface area contributed by atoms with Gasteiger partial charge in [-0.1, -0.05) is 6.92 Å². The van der Waals surface area contributed by atoms with Crippen LogP contribution in [0, 0.1) is 6.92 Å². The van der Waals surface area contributed by atoms with E-state index in [2.05, 4.69) is 6.92 Å². The van der Waals surface area contributed by atoms with Gasteiger partial charge in [-0.25, -0.2) is 0 Å². The number of hydrogen-bond donors (Lipinski definition) is 0. The van der Waals surface area contributed by atoms with E-state index in [1.54, 1.807) is 11.0 Å². The van der Waals surface area contributed by atoms with Gasteiger partial charge in [-0.2, -0.15) is 0 Å². The van der Waals surface area contributed by atoms with Crippen molar-refractivity contribution in [3.63, 3.8) is 0 Å². The lowest BCUT2D eigenvalue weighted by Crippen LogP contribution is -2.31. The minimum Gasteiger partial charge on any atom is -0.456 e. The van der Waals surface area contributed by atoms with Gasteiger partial charge in [0, 0.05) is 13.1 Å². The zero-order valence-corrected chi connectivity index (χ0v) is 9.04. The van der Waals surface area contributed by atoms with E-state index in [4.69, 9.17) is 4.42 Å². The Hall–Kier alpha value is -1.25. The summed E-state index contributed by atoms with van der Waals surface area (Å²) in [5, 5.41) is 0. The third-order valence-corrected chi connectivity index (χ3v) is 2.11. The van der Waals surface area contributed by atoms with E-state index in [9.17, 15) is 4.79 Å². The molecule has 0 N–H and O–H groups in total. The standard InChI is InChI=1S/C11H17NO2/c1-4-8-12(5-2)11(13)10-7-6-9(3)14-10/h6-7H,4-5,8H2,1-3H3. The average Bonchev–Trinajstić information content (AvgIpc) is 2.60. The molecule has 1 aromatic rings.